The Hall–Kier alpha value is -0.900. The maximum absolute atomic E-state index is 8.92. The largest absolute Gasteiger partial charge is 0.388 e. The molecule has 1 aromatic rings. The zero-order valence-corrected chi connectivity index (χ0v) is 7.78. The lowest BCUT2D eigenvalue weighted by Gasteiger charge is -2.07. The van der Waals surface area contributed by atoms with E-state index >= 15 is 0 Å². The van der Waals surface area contributed by atoms with Crippen molar-refractivity contribution >= 4 is 0 Å². The van der Waals surface area contributed by atoms with Crippen LogP contribution >= 0.6 is 0 Å². The van der Waals surface area contributed by atoms with Crippen molar-refractivity contribution in [3.05, 3.63) is 11.6 Å². The molecule has 0 aromatic carbocycles. The molecule has 12 heavy (non-hydrogen) atoms. The van der Waals surface area contributed by atoms with Crippen LogP contribution in [0.5, 0.6) is 0 Å². The van der Waals surface area contributed by atoms with Gasteiger partial charge < -0.3 is 9.67 Å². The van der Waals surface area contributed by atoms with E-state index in [-0.39, 0.29) is 6.61 Å². The molecule has 4 nitrogen and oxygen atoms in total. The smallest absolute Gasteiger partial charge is 0.158 e. The summed E-state index contributed by atoms with van der Waals surface area (Å²) in [6.45, 7) is 6.94. The molecule has 0 aliphatic rings. The van der Waals surface area contributed by atoms with E-state index in [2.05, 4.69) is 24.0 Å². The molecule has 0 spiro atoms. The minimum atomic E-state index is -0.0342. The zero-order valence-electron chi connectivity index (χ0n) is 7.78. The van der Waals surface area contributed by atoms with Crippen molar-refractivity contribution in [2.24, 2.45) is 0 Å². The van der Waals surface area contributed by atoms with Gasteiger partial charge in [0, 0.05) is 12.5 Å². The first-order chi connectivity index (χ1) is 5.70. The molecule has 0 aliphatic carbocycles. The molecule has 0 amide bonds. The third-order valence-electron chi connectivity index (χ3n) is 1.83. The van der Waals surface area contributed by atoms with Crippen LogP contribution in [0.2, 0.25) is 0 Å². The highest BCUT2D eigenvalue weighted by Crippen LogP contribution is 2.12. The van der Waals surface area contributed by atoms with Gasteiger partial charge in [-0.05, 0) is 6.92 Å². The molecule has 0 atom stereocenters. The van der Waals surface area contributed by atoms with Gasteiger partial charge in [0.15, 0.2) is 5.82 Å². The molecular formula is C8H15N3O. The second kappa shape index (κ2) is 3.67. The molecule has 0 radical (unpaired) electrons. The first-order valence-corrected chi connectivity index (χ1v) is 4.23. The topological polar surface area (TPSA) is 50.9 Å². The van der Waals surface area contributed by atoms with Gasteiger partial charge in [-0.2, -0.15) is 0 Å². The standard InChI is InChI=1S/C8H15N3O/c1-4-11-7(5-12)9-10-8(11)6(2)3/h6,12H,4-5H2,1-3H3. The predicted octanol–water partition coefficient (Wildman–Crippen LogP) is 0.914. The summed E-state index contributed by atoms with van der Waals surface area (Å²) in [6.07, 6.45) is 0. The van der Waals surface area contributed by atoms with Gasteiger partial charge in [0.05, 0.1) is 0 Å². The van der Waals surface area contributed by atoms with Crippen LogP contribution in [-0.4, -0.2) is 19.9 Å². The molecule has 1 heterocycles. The molecular weight excluding hydrogens is 154 g/mol. The Labute approximate surface area is 72.2 Å². The summed E-state index contributed by atoms with van der Waals surface area (Å²) >= 11 is 0. The van der Waals surface area contributed by atoms with Gasteiger partial charge in [0.2, 0.25) is 0 Å². The van der Waals surface area contributed by atoms with Crippen molar-refractivity contribution in [3.8, 4) is 0 Å². The quantitative estimate of drug-likeness (QED) is 0.731. The molecule has 0 unspecified atom stereocenters. The second-order valence-electron chi connectivity index (χ2n) is 3.03. The molecule has 68 valence electrons. The van der Waals surface area contributed by atoms with Crippen LogP contribution in [0.4, 0.5) is 0 Å². The molecule has 1 aromatic heterocycles. The molecule has 0 fully saturated rings. The highest BCUT2D eigenvalue weighted by molar-refractivity contribution is 4.98. The summed E-state index contributed by atoms with van der Waals surface area (Å²) in [4.78, 5) is 0. The van der Waals surface area contributed by atoms with Crippen molar-refractivity contribution in [1.82, 2.24) is 14.8 Å². The normalized spacial score (nSPS) is 11.1. The molecule has 0 aliphatic heterocycles. The van der Waals surface area contributed by atoms with Crippen LogP contribution in [0, 0.1) is 0 Å². The fourth-order valence-electron chi connectivity index (χ4n) is 1.24. The number of aliphatic hydroxyl groups excluding tert-OH is 1. The average molecular weight is 169 g/mol. The SMILES string of the molecule is CCn1c(CO)nnc1C(C)C. The third kappa shape index (κ3) is 1.48. The number of nitrogens with zero attached hydrogens (tertiary/aromatic N) is 3. The van der Waals surface area contributed by atoms with Crippen LogP contribution in [0.15, 0.2) is 0 Å². The number of aliphatic hydroxyl groups is 1. The summed E-state index contributed by atoms with van der Waals surface area (Å²) in [7, 11) is 0. The summed E-state index contributed by atoms with van der Waals surface area (Å²) < 4.78 is 1.95. The van der Waals surface area contributed by atoms with Crippen LogP contribution in [-0.2, 0) is 13.2 Å². The van der Waals surface area contributed by atoms with E-state index in [0.29, 0.717) is 11.7 Å². The number of rotatable bonds is 3. The highest BCUT2D eigenvalue weighted by Gasteiger charge is 2.11. The Balaban J connectivity index is 3.05. The fraction of sp³-hybridized carbons (Fsp3) is 0.750. The Morgan fingerprint density at radius 2 is 2.08 bits per heavy atom. The van der Waals surface area contributed by atoms with Gasteiger partial charge in [-0.15, -0.1) is 10.2 Å². The van der Waals surface area contributed by atoms with E-state index in [4.69, 9.17) is 5.11 Å². The molecule has 4 heteroatoms. The van der Waals surface area contributed by atoms with Crippen LogP contribution in [0.3, 0.4) is 0 Å². The van der Waals surface area contributed by atoms with Gasteiger partial charge >= 0.3 is 0 Å². The molecule has 0 saturated carbocycles. The third-order valence-corrected chi connectivity index (χ3v) is 1.83. The van der Waals surface area contributed by atoms with Crippen molar-refractivity contribution in [3.63, 3.8) is 0 Å². The van der Waals surface area contributed by atoms with Crippen LogP contribution < -0.4 is 0 Å². The minimum absolute atomic E-state index is 0.0342. The fourth-order valence-corrected chi connectivity index (χ4v) is 1.24. The summed E-state index contributed by atoms with van der Waals surface area (Å²) in [6, 6.07) is 0. The van der Waals surface area contributed by atoms with Crippen LogP contribution in [0.25, 0.3) is 0 Å². The first-order valence-electron chi connectivity index (χ1n) is 4.23. The molecule has 0 saturated heterocycles. The summed E-state index contributed by atoms with van der Waals surface area (Å²) in [5.41, 5.74) is 0. The Bertz CT molecular complexity index is 255. The number of hydrogen-bond acceptors (Lipinski definition) is 3. The molecule has 0 bridgehead atoms. The molecule has 1 rings (SSSR count). The van der Waals surface area contributed by atoms with E-state index < -0.39 is 0 Å². The summed E-state index contributed by atoms with van der Waals surface area (Å²) in [5.74, 6) is 1.96. The lowest BCUT2D eigenvalue weighted by atomic mass is 10.2. The van der Waals surface area contributed by atoms with Crippen molar-refractivity contribution in [1.29, 1.82) is 0 Å². The van der Waals surface area contributed by atoms with Gasteiger partial charge in [-0.3, -0.25) is 0 Å². The Morgan fingerprint density at radius 3 is 2.50 bits per heavy atom. The second-order valence-corrected chi connectivity index (χ2v) is 3.03. The number of hydrogen-bond donors (Lipinski definition) is 1. The van der Waals surface area contributed by atoms with Gasteiger partial charge in [0.25, 0.3) is 0 Å². The summed E-state index contributed by atoms with van der Waals surface area (Å²) in [5, 5.41) is 16.8. The predicted molar refractivity (Wildman–Crippen MR) is 45.7 cm³/mol. The highest BCUT2D eigenvalue weighted by atomic mass is 16.3. The van der Waals surface area contributed by atoms with E-state index in [9.17, 15) is 0 Å². The van der Waals surface area contributed by atoms with Crippen LogP contribution in [0.1, 0.15) is 38.3 Å². The Morgan fingerprint density at radius 1 is 1.42 bits per heavy atom. The number of aromatic nitrogens is 3. The van der Waals surface area contributed by atoms with E-state index in [1.807, 2.05) is 11.5 Å². The Kier molecular flexibility index (Phi) is 2.81. The monoisotopic (exact) mass is 169 g/mol. The minimum Gasteiger partial charge on any atom is -0.388 e. The lowest BCUT2D eigenvalue weighted by molar-refractivity contribution is 0.264. The van der Waals surface area contributed by atoms with Crippen molar-refractivity contribution < 1.29 is 5.11 Å². The van der Waals surface area contributed by atoms with E-state index in [1.165, 1.54) is 0 Å². The lowest BCUT2D eigenvalue weighted by Crippen LogP contribution is -2.07. The first kappa shape index (κ1) is 9.19. The van der Waals surface area contributed by atoms with Gasteiger partial charge in [0.1, 0.15) is 12.4 Å². The van der Waals surface area contributed by atoms with E-state index in [0.717, 1.165) is 12.4 Å². The maximum Gasteiger partial charge on any atom is 0.158 e. The van der Waals surface area contributed by atoms with E-state index in [1.54, 1.807) is 0 Å². The average Bonchev–Trinajstić information content (AvgIpc) is 2.46. The van der Waals surface area contributed by atoms with Crippen molar-refractivity contribution in [2.45, 2.75) is 39.8 Å². The van der Waals surface area contributed by atoms with Gasteiger partial charge in [-0.1, -0.05) is 13.8 Å². The van der Waals surface area contributed by atoms with Gasteiger partial charge in [-0.25, -0.2) is 0 Å². The maximum atomic E-state index is 8.92. The molecule has 1 N–H and O–H groups in total. The van der Waals surface area contributed by atoms with Crippen molar-refractivity contribution in [2.75, 3.05) is 0 Å². The zero-order chi connectivity index (χ0) is 9.14.